The lowest BCUT2D eigenvalue weighted by Crippen LogP contribution is -2.54. The number of benzene rings is 1. The number of rotatable bonds is 5. The molecular weight excluding hydrogens is 390 g/mol. The van der Waals surface area contributed by atoms with Crippen molar-refractivity contribution in [3.05, 3.63) is 34.9 Å². The molecule has 2 saturated heterocycles. The topological polar surface area (TPSA) is 69.7 Å². The standard InChI is InChI=1S/C22H30ClN3O3/c1-15(2)19(22(29)25-11-3-4-12-25)24-20(27)17-6-5-13-26(14-17)21(28)16-7-9-18(23)10-8-16/h7-10,15,17,19H,3-6,11-14H2,1-2H3,(H,24,27)/t17?,19-/m0/s1. The Kier molecular flexibility index (Phi) is 7.17. The Hall–Kier alpha value is -2.08. The van der Waals surface area contributed by atoms with Gasteiger partial charge in [-0.3, -0.25) is 14.4 Å². The molecule has 1 N–H and O–H groups in total. The molecule has 158 valence electrons. The van der Waals surface area contributed by atoms with Crippen LogP contribution in [0.15, 0.2) is 24.3 Å². The lowest BCUT2D eigenvalue weighted by molar-refractivity contribution is -0.138. The first-order valence-electron chi connectivity index (χ1n) is 10.5. The number of halogens is 1. The molecule has 6 nitrogen and oxygen atoms in total. The summed E-state index contributed by atoms with van der Waals surface area (Å²) in [5.41, 5.74) is 0.569. The highest BCUT2D eigenvalue weighted by Gasteiger charge is 2.34. The Labute approximate surface area is 177 Å². The molecule has 0 radical (unpaired) electrons. The van der Waals surface area contributed by atoms with Crippen molar-refractivity contribution in [1.29, 1.82) is 0 Å². The van der Waals surface area contributed by atoms with Crippen molar-refractivity contribution >= 4 is 29.3 Å². The Bertz CT molecular complexity index is 744. The highest BCUT2D eigenvalue weighted by Crippen LogP contribution is 2.21. The second-order valence-electron chi connectivity index (χ2n) is 8.36. The van der Waals surface area contributed by atoms with E-state index in [0.717, 1.165) is 38.8 Å². The number of carbonyl (C=O) groups is 3. The van der Waals surface area contributed by atoms with Crippen molar-refractivity contribution in [2.45, 2.75) is 45.6 Å². The highest BCUT2D eigenvalue weighted by atomic mass is 35.5. The Morgan fingerprint density at radius 3 is 2.24 bits per heavy atom. The molecule has 2 heterocycles. The predicted molar refractivity (Wildman–Crippen MR) is 113 cm³/mol. The number of piperidine rings is 1. The fraction of sp³-hybridized carbons (Fsp3) is 0.591. The third kappa shape index (κ3) is 5.30. The second-order valence-corrected chi connectivity index (χ2v) is 8.80. The zero-order chi connectivity index (χ0) is 21.0. The monoisotopic (exact) mass is 419 g/mol. The van der Waals surface area contributed by atoms with Gasteiger partial charge in [0.05, 0.1) is 5.92 Å². The number of amides is 3. The van der Waals surface area contributed by atoms with E-state index in [9.17, 15) is 14.4 Å². The lowest BCUT2D eigenvalue weighted by Gasteiger charge is -2.34. The van der Waals surface area contributed by atoms with Gasteiger partial charge in [0.15, 0.2) is 0 Å². The summed E-state index contributed by atoms with van der Waals surface area (Å²) in [6.07, 6.45) is 3.53. The van der Waals surface area contributed by atoms with Crippen LogP contribution in [-0.2, 0) is 9.59 Å². The zero-order valence-corrected chi connectivity index (χ0v) is 18.0. The van der Waals surface area contributed by atoms with E-state index in [2.05, 4.69) is 5.32 Å². The number of carbonyl (C=O) groups excluding carboxylic acids is 3. The van der Waals surface area contributed by atoms with Gasteiger partial charge in [-0.2, -0.15) is 0 Å². The molecule has 2 fully saturated rings. The van der Waals surface area contributed by atoms with Gasteiger partial charge in [0.25, 0.3) is 5.91 Å². The maximum absolute atomic E-state index is 12.9. The van der Waals surface area contributed by atoms with E-state index >= 15 is 0 Å². The Morgan fingerprint density at radius 2 is 1.62 bits per heavy atom. The van der Waals surface area contributed by atoms with Gasteiger partial charge in [0.2, 0.25) is 11.8 Å². The summed E-state index contributed by atoms with van der Waals surface area (Å²) in [5.74, 6) is -0.497. The smallest absolute Gasteiger partial charge is 0.253 e. The minimum atomic E-state index is -0.511. The van der Waals surface area contributed by atoms with Gasteiger partial charge in [-0.05, 0) is 55.9 Å². The van der Waals surface area contributed by atoms with Crippen molar-refractivity contribution < 1.29 is 14.4 Å². The molecule has 3 amide bonds. The van der Waals surface area contributed by atoms with E-state index in [-0.39, 0.29) is 29.6 Å². The summed E-state index contributed by atoms with van der Waals surface area (Å²) in [5, 5.41) is 3.57. The first kappa shape index (κ1) is 21.6. The van der Waals surface area contributed by atoms with Crippen molar-refractivity contribution in [1.82, 2.24) is 15.1 Å². The number of nitrogens with one attached hydrogen (secondary N) is 1. The summed E-state index contributed by atoms with van der Waals surface area (Å²) in [6.45, 7) is 6.45. The van der Waals surface area contributed by atoms with Crippen LogP contribution >= 0.6 is 11.6 Å². The van der Waals surface area contributed by atoms with Gasteiger partial charge in [0.1, 0.15) is 6.04 Å². The Morgan fingerprint density at radius 1 is 1.00 bits per heavy atom. The molecule has 7 heteroatoms. The zero-order valence-electron chi connectivity index (χ0n) is 17.2. The molecule has 0 aliphatic carbocycles. The van der Waals surface area contributed by atoms with Crippen molar-refractivity contribution in [2.24, 2.45) is 11.8 Å². The van der Waals surface area contributed by atoms with Crippen molar-refractivity contribution in [2.75, 3.05) is 26.2 Å². The molecule has 2 aliphatic heterocycles. The molecule has 3 rings (SSSR count). The molecule has 0 spiro atoms. The number of nitrogens with zero attached hydrogens (tertiary/aromatic N) is 2. The van der Waals surface area contributed by atoms with E-state index in [1.165, 1.54) is 0 Å². The normalized spacial score (nSPS) is 20.6. The van der Waals surface area contributed by atoms with Crippen molar-refractivity contribution in [3.8, 4) is 0 Å². The molecule has 1 aromatic rings. The largest absolute Gasteiger partial charge is 0.344 e. The van der Waals surface area contributed by atoms with Gasteiger partial charge in [-0.1, -0.05) is 25.4 Å². The van der Waals surface area contributed by atoms with Crippen LogP contribution in [0.25, 0.3) is 0 Å². The van der Waals surface area contributed by atoms with Gasteiger partial charge in [0, 0.05) is 36.8 Å². The van der Waals surface area contributed by atoms with Gasteiger partial charge < -0.3 is 15.1 Å². The third-order valence-electron chi connectivity index (χ3n) is 5.82. The summed E-state index contributed by atoms with van der Waals surface area (Å²) in [6, 6.07) is 6.29. The fourth-order valence-electron chi connectivity index (χ4n) is 4.07. The van der Waals surface area contributed by atoms with Crippen LogP contribution in [0.3, 0.4) is 0 Å². The van der Waals surface area contributed by atoms with Crippen LogP contribution in [0.4, 0.5) is 0 Å². The maximum atomic E-state index is 12.9. The van der Waals surface area contributed by atoms with Crippen LogP contribution in [0.1, 0.15) is 49.9 Å². The quantitative estimate of drug-likeness (QED) is 0.797. The first-order valence-corrected chi connectivity index (χ1v) is 10.9. The molecule has 1 unspecified atom stereocenters. The van der Waals surface area contributed by atoms with Crippen LogP contribution in [0.5, 0.6) is 0 Å². The maximum Gasteiger partial charge on any atom is 0.253 e. The van der Waals surface area contributed by atoms with Crippen LogP contribution in [0, 0.1) is 11.8 Å². The molecule has 0 saturated carbocycles. The minimum absolute atomic E-state index is 0.00996. The summed E-state index contributed by atoms with van der Waals surface area (Å²) in [7, 11) is 0. The number of hydrogen-bond acceptors (Lipinski definition) is 3. The Balaban J connectivity index is 1.62. The SMILES string of the molecule is CC(C)[C@H](NC(=O)C1CCCN(C(=O)c2ccc(Cl)cc2)C1)C(=O)N1CCCC1. The summed E-state index contributed by atoms with van der Waals surface area (Å²) < 4.78 is 0. The van der Waals surface area contributed by atoms with Crippen LogP contribution in [0.2, 0.25) is 5.02 Å². The molecule has 29 heavy (non-hydrogen) atoms. The fourth-order valence-corrected chi connectivity index (χ4v) is 4.20. The summed E-state index contributed by atoms with van der Waals surface area (Å²) in [4.78, 5) is 42.1. The lowest BCUT2D eigenvalue weighted by atomic mass is 9.94. The minimum Gasteiger partial charge on any atom is -0.344 e. The molecule has 0 aromatic heterocycles. The molecule has 1 aromatic carbocycles. The van der Waals surface area contributed by atoms with Gasteiger partial charge in [-0.25, -0.2) is 0 Å². The second kappa shape index (κ2) is 9.61. The van der Waals surface area contributed by atoms with Gasteiger partial charge in [-0.15, -0.1) is 0 Å². The van der Waals surface area contributed by atoms with E-state index < -0.39 is 6.04 Å². The van der Waals surface area contributed by atoms with E-state index in [1.54, 1.807) is 29.2 Å². The van der Waals surface area contributed by atoms with E-state index in [4.69, 9.17) is 11.6 Å². The molecular formula is C22H30ClN3O3. The van der Waals surface area contributed by atoms with Crippen LogP contribution < -0.4 is 5.32 Å². The molecule has 2 atom stereocenters. The average molecular weight is 420 g/mol. The highest BCUT2D eigenvalue weighted by molar-refractivity contribution is 6.30. The predicted octanol–water partition coefficient (Wildman–Crippen LogP) is 2.96. The molecule has 0 bridgehead atoms. The first-order chi connectivity index (χ1) is 13.9. The van der Waals surface area contributed by atoms with Gasteiger partial charge >= 0.3 is 0 Å². The van der Waals surface area contributed by atoms with Crippen molar-refractivity contribution in [3.63, 3.8) is 0 Å². The average Bonchev–Trinajstić information content (AvgIpc) is 3.26. The number of hydrogen-bond donors (Lipinski definition) is 1. The van der Waals surface area contributed by atoms with E-state index in [0.29, 0.717) is 23.7 Å². The summed E-state index contributed by atoms with van der Waals surface area (Å²) >= 11 is 5.90. The third-order valence-corrected chi connectivity index (χ3v) is 6.07. The van der Waals surface area contributed by atoms with E-state index in [1.807, 2.05) is 18.7 Å². The van der Waals surface area contributed by atoms with Crippen LogP contribution in [-0.4, -0.2) is 59.7 Å². The number of likely N-dealkylation sites (tertiary alicyclic amines) is 2. The molecule has 2 aliphatic rings.